The van der Waals surface area contributed by atoms with Gasteiger partial charge in [0.2, 0.25) is 0 Å². The highest BCUT2D eigenvalue weighted by molar-refractivity contribution is 6.30. The van der Waals surface area contributed by atoms with Gasteiger partial charge in [0.1, 0.15) is 0 Å². The largest absolute Gasteiger partial charge is 0.389 e. The van der Waals surface area contributed by atoms with Gasteiger partial charge in [-0.25, -0.2) is 0 Å². The zero-order chi connectivity index (χ0) is 13.8. The van der Waals surface area contributed by atoms with E-state index in [0.717, 1.165) is 11.3 Å². The molecule has 0 aromatic heterocycles. The Hall–Kier alpha value is -0.900. The maximum atomic E-state index is 12.0. The zero-order valence-electron chi connectivity index (χ0n) is 10.4. The van der Waals surface area contributed by atoms with Crippen LogP contribution in [-0.4, -0.2) is 12.2 Å². The van der Waals surface area contributed by atoms with Crippen molar-refractivity contribution in [3.63, 3.8) is 0 Å². The van der Waals surface area contributed by atoms with E-state index in [4.69, 9.17) is 11.6 Å². The Morgan fingerprint density at radius 1 is 1.33 bits per heavy atom. The average molecular weight is 280 g/mol. The standard InChI is InChI=1S/C13H17ClF3N/c1-9-5-6-11(14)8-12(9)18-10(2)4-3-7-13(15,16)17/h5-6,8,10,18H,3-4,7H2,1-2H3. The molecule has 5 heteroatoms. The molecule has 102 valence electrons. The summed E-state index contributed by atoms with van der Waals surface area (Å²) in [6.07, 6.45) is -4.18. The predicted molar refractivity (Wildman–Crippen MR) is 69.2 cm³/mol. The number of nitrogens with one attached hydrogen (secondary N) is 1. The fourth-order valence-corrected chi connectivity index (χ4v) is 1.87. The minimum atomic E-state index is -4.06. The van der Waals surface area contributed by atoms with Crippen LogP contribution < -0.4 is 5.32 Å². The maximum Gasteiger partial charge on any atom is 0.389 e. The quantitative estimate of drug-likeness (QED) is 0.783. The van der Waals surface area contributed by atoms with Crippen LogP contribution in [0.1, 0.15) is 31.7 Å². The normalized spacial score (nSPS) is 13.4. The van der Waals surface area contributed by atoms with Crippen molar-refractivity contribution in [2.75, 3.05) is 5.32 Å². The Labute approximate surface area is 110 Å². The van der Waals surface area contributed by atoms with Crippen molar-refractivity contribution in [3.05, 3.63) is 28.8 Å². The molecule has 18 heavy (non-hydrogen) atoms. The van der Waals surface area contributed by atoms with Crippen LogP contribution in [0.5, 0.6) is 0 Å². The van der Waals surface area contributed by atoms with Crippen LogP contribution >= 0.6 is 11.6 Å². The van der Waals surface area contributed by atoms with Gasteiger partial charge in [-0.2, -0.15) is 13.2 Å². The minimum absolute atomic E-state index is 0.00971. The van der Waals surface area contributed by atoms with Gasteiger partial charge in [0.05, 0.1) is 0 Å². The van der Waals surface area contributed by atoms with Gasteiger partial charge in [0.15, 0.2) is 0 Å². The van der Waals surface area contributed by atoms with E-state index in [1.54, 1.807) is 12.1 Å². The molecule has 0 radical (unpaired) electrons. The van der Waals surface area contributed by atoms with E-state index >= 15 is 0 Å². The lowest BCUT2D eigenvalue weighted by Gasteiger charge is -2.17. The number of aryl methyl sites for hydroxylation is 1. The number of rotatable bonds is 5. The highest BCUT2D eigenvalue weighted by atomic mass is 35.5. The van der Waals surface area contributed by atoms with Gasteiger partial charge in [0, 0.05) is 23.2 Å². The molecule has 0 aliphatic carbocycles. The second-order valence-corrected chi connectivity index (χ2v) is 4.95. The molecule has 1 atom stereocenters. The Bertz CT molecular complexity index is 390. The summed E-state index contributed by atoms with van der Waals surface area (Å²) in [5.74, 6) is 0. The molecule has 0 heterocycles. The van der Waals surface area contributed by atoms with E-state index in [9.17, 15) is 13.2 Å². The van der Waals surface area contributed by atoms with Gasteiger partial charge in [-0.3, -0.25) is 0 Å². The summed E-state index contributed by atoms with van der Waals surface area (Å²) in [7, 11) is 0. The van der Waals surface area contributed by atoms with E-state index in [0.29, 0.717) is 11.4 Å². The van der Waals surface area contributed by atoms with Crippen molar-refractivity contribution in [1.82, 2.24) is 0 Å². The zero-order valence-corrected chi connectivity index (χ0v) is 11.2. The molecule has 1 N–H and O–H groups in total. The number of alkyl halides is 3. The summed E-state index contributed by atoms with van der Waals surface area (Å²) in [6, 6.07) is 5.45. The summed E-state index contributed by atoms with van der Waals surface area (Å²) in [5.41, 5.74) is 1.91. The van der Waals surface area contributed by atoms with E-state index in [2.05, 4.69) is 5.32 Å². The van der Waals surface area contributed by atoms with Gasteiger partial charge in [-0.1, -0.05) is 17.7 Å². The molecular weight excluding hydrogens is 263 g/mol. The molecule has 0 saturated carbocycles. The van der Waals surface area contributed by atoms with Gasteiger partial charge in [-0.15, -0.1) is 0 Å². The lowest BCUT2D eigenvalue weighted by Crippen LogP contribution is -2.17. The van der Waals surface area contributed by atoms with Crippen molar-refractivity contribution < 1.29 is 13.2 Å². The van der Waals surface area contributed by atoms with Crippen LogP contribution in [0.3, 0.4) is 0 Å². The van der Waals surface area contributed by atoms with E-state index in [1.807, 2.05) is 19.9 Å². The highest BCUT2D eigenvalue weighted by Crippen LogP contribution is 2.24. The molecule has 0 aliphatic heterocycles. The van der Waals surface area contributed by atoms with Crippen molar-refractivity contribution in [2.24, 2.45) is 0 Å². The topological polar surface area (TPSA) is 12.0 Å². The molecule has 1 nitrogen and oxygen atoms in total. The van der Waals surface area contributed by atoms with Gasteiger partial charge in [0.25, 0.3) is 0 Å². The number of anilines is 1. The third kappa shape index (κ3) is 5.63. The predicted octanol–water partition coefficient (Wildman–Crippen LogP) is 5.18. The minimum Gasteiger partial charge on any atom is -0.382 e. The summed E-state index contributed by atoms with van der Waals surface area (Å²) in [4.78, 5) is 0. The number of hydrogen-bond donors (Lipinski definition) is 1. The molecule has 1 aromatic carbocycles. The van der Waals surface area contributed by atoms with Crippen LogP contribution in [-0.2, 0) is 0 Å². The number of hydrogen-bond acceptors (Lipinski definition) is 1. The van der Waals surface area contributed by atoms with Crippen LogP contribution in [0.2, 0.25) is 5.02 Å². The molecule has 0 saturated heterocycles. The number of halogens is 4. The second kappa shape index (κ2) is 6.32. The van der Waals surface area contributed by atoms with Crippen molar-refractivity contribution >= 4 is 17.3 Å². The first kappa shape index (κ1) is 15.2. The van der Waals surface area contributed by atoms with Gasteiger partial charge in [-0.05, 0) is 44.4 Å². The molecule has 0 amide bonds. The maximum absolute atomic E-state index is 12.0. The second-order valence-electron chi connectivity index (χ2n) is 4.51. The monoisotopic (exact) mass is 279 g/mol. The van der Waals surface area contributed by atoms with E-state index in [-0.39, 0.29) is 12.5 Å². The lowest BCUT2D eigenvalue weighted by atomic mass is 10.1. The third-order valence-corrected chi connectivity index (χ3v) is 2.93. The van der Waals surface area contributed by atoms with Crippen molar-refractivity contribution in [2.45, 2.75) is 45.3 Å². The molecule has 0 bridgehead atoms. The van der Waals surface area contributed by atoms with Gasteiger partial charge >= 0.3 is 6.18 Å². The van der Waals surface area contributed by atoms with Crippen LogP contribution in [0, 0.1) is 6.92 Å². The smallest absolute Gasteiger partial charge is 0.382 e. The molecule has 0 spiro atoms. The third-order valence-electron chi connectivity index (χ3n) is 2.70. The molecule has 0 fully saturated rings. The fraction of sp³-hybridized carbons (Fsp3) is 0.538. The Kier molecular flexibility index (Phi) is 5.32. The van der Waals surface area contributed by atoms with Crippen LogP contribution in [0.15, 0.2) is 18.2 Å². The van der Waals surface area contributed by atoms with Gasteiger partial charge < -0.3 is 5.32 Å². The Morgan fingerprint density at radius 2 is 2.00 bits per heavy atom. The SMILES string of the molecule is Cc1ccc(Cl)cc1NC(C)CCCC(F)(F)F. The number of benzene rings is 1. The molecule has 1 unspecified atom stereocenters. The highest BCUT2D eigenvalue weighted by Gasteiger charge is 2.26. The average Bonchev–Trinajstić information content (AvgIpc) is 2.21. The first-order chi connectivity index (χ1) is 8.28. The van der Waals surface area contributed by atoms with E-state index < -0.39 is 12.6 Å². The fourth-order valence-electron chi connectivity index (χ4n) is 1.70. The Morgan fingerprint density at radius 3 is 2.61 bits per heavy atom. The Balaban J connectivity index is 2.44. The molecule has 1 aromatic rings. The summed E-state index contributed by atoms with van der Waals surface area (Å²) >= 11 is 5.88. The molecule has 1 rings (SSSR count). The summed E-state index contributed by atoms with van der Waals surface area (Å²) < 4.78 is 36.0. The summed E-state index contributed by atoms with van der Waals surface area (Å²) in [5, 5.41) is 3.80. The summed E-state index contributed by atoms with van der Waals surface area (Å²) in [6.45, 7) is 3.80. The first-order valence-corrected chi connectivity index (χ1v) is 6.25. The van der Waals surface area contributed by atoms with Crippen molar-refractivity contribution in [3.8, 4) is 0 Å². The van der Waals surface area contributed by atoms with E-state index in [1.165, 1.54) is 0 Å². The molecule has 0 aliphatic rings. The van der Waals surface area contributed by atoms with Crippen LogP contribution in [0.4, 0.5) is 18.9 Å². The van der Waals surface area contributed by atoms with Crippen molar-refractivity contribution in [1.29, 1.82) is 0 Å². The first-order valence-electron chi connectivity index (χ1n) is 5.87. The lowest BCUT2D eigenvalue weighted by molar-refractivity contribution is -0.135. The molecular formula is C13H17ClF3N. The van der Waals surface area contributed by atoms with Crippen LogP contribution in [0.25, 0.3) is 0 Å².